The first kappa shape index (κ1) is 10.3. The first-order valence-electron chi connectivity index (χ1n) is 5.64. The van der Waals surface area contributed by atoms with Gasteiger partial charge in [0.05, 0.1) is 5.92 Å². The van der Waals surface area contributed by atoms with Crippen molar-refractivity contribution in [3.8, 4) is 0 Å². The van der Waals surface area contributed by atoms with E-state index in [0.29, 0.717) is 12.8 Å². The second-order valence-electron chi connectivity index (χ2n) is 4.59. The van der Waals surface area contributed by atoms with Crippen LogP contribution in [0.4, 0.5) is 4.39 Å². The highest BCUT2D eigenvalue weighted by molar-refractivity contribution is 5.80. The molecule has 1 saturated carbocycles. The molecule has 0 atom stereocenters. The van der Waals surface area contributed by atoms with E-state index in [1.54, 1.807) is 6.07 Å². The molecule has 0 radical (unpaired) electrons. The van der Waals surface area contributed by atoms with Crippen molar-refractivity contribution in [3.63, 3.8) is 0 Å². The van der Waals surface area contributed by atoms with E-state index < -0.39 is 5.97 Å². The molecule has 2 aromatic rings. The lowest BCUT2D eigenvalue weighted by Gasteiger charge is -2.34. The topological polar surface area (TPSA) is 42.2 Å². The van der Waals surface area contributed by atoms with E-state index in [0.717, 1.165) is 10.9 Å². The Bertz CT molecular complexity index is 584. The lowest BCUT2D eigenvalue weighted by Crippen LogP contribution is -2.31. The van der Waals surface area contributed by atoms with Crippen LogP contribution >= 0.6 is 0 Å². The quantitative estimate of drug-likeness (QED) is 0.866. The molecule has 1 heterocycles. The van der Waals surface area contributed by atoms with E-state index in [4.69, 9.17) is 5.11 Å². The Labute approximate surface area is 97.5 Å². The van der Waals surface area contributed by atoms with Crippen molar-refractivity contribution in [1.82, 2.24) is 4.57 Å². The zero-order valence-electron chi connectivity index (χ0n) is 9.14. The molecule has 0 saturated heterocycles. The third kappa shape index (κ3) is 1.60. The summed E-state index contributed by atoms with van der Waals surface area (Å²) in [6, 6.07) is 6.79. The zero-order chi connectivity index (χ0) is 12.0. The van der Waals surface area contributed by atoms with Gasteiger partial charge in [0, 0.05) is 23.1 Å². The second kappa shape index (κ2) is 3.58. The van der Waals surface area contributed by atoms with Gasteiger partial charge in [-0.2, -0.15) is 0 Å². The van der Waals surface area contributed by atoms with Gasteiger partial charge in [0.25, 0.3) is 0 Å². The number of carboxylic acids is 1. The summed E-state index contributed by atoms with van der Waals surface area (Å²) in [5, 5.41) is 9.70. The Kier molecular flexibility index (Phi) is 2.18. The van der Waals surface area contributed by atoms with Crippen LogP contribution in [0.1, 0.15) is 18.9 Å². The molecule has 1 fully saturated rings. The Morgan fingerprint density at radius 3 is 2.82 bits per heavy atom. The van der Waals surface area contributed by atoms with Crippen LogP contribution in [0.25, 0.3) is 10.9 Å². The molecule has 0 amide bonds. The van der Waals surface area contributed by atoms with Gasteiger partial charge in [-0.25, -0.2) is 4.39 Å². The summed E-state index contributed by atoms with van der Waals surface area (Å²) in [6.45, 7) is 0. The zero-order valence-corrected chi connectivity index (χ0v) is 9.14. The number of fused-ring (bicyclic) bond motifs is 1. The van der Waals surface area contributed by atoms with Gasteiger partial charge >= 0.3 is 5.97 Å². The van der Waals surface area contributed by atoms with Gasteiger partial charge in [0.2, 0.25) is 0 Å². The minimum atomic E-state index is -0.719. The molecule has 1 aliphatic carbocycles. The van der Waals surface area contributed by atoms with E-state index in [2.05, 4.69) is 0 Å². The maximum atomic E-state index is 13.0. The van der Waals surface area contributed by atoms with Gasteiger partial charge in [-0.3, -0.25) is 4.79 Å². The molecule has 0 bridgehead atoms. The molecule has 17 heavy (non-hydrogen) atoms. The number of benzene rings is 1. The van der Waals surface area contributed by atoms with Gasteiger partial charge in [-0.1, -0.05) is 0 Å². The fourth-order valence-electron chi connectivity index (χ4n) is 2.47. The molecule has 4 heteroatoms. The molecule has 3 nitrogen and oxygen atoms in total. The monoisotopic (exact) mass is 233 g/mol. The highest BCUT2D eigenvalue weighted by atomic mass is 19.1. The summed E-state index contributed by atoms with van der Waals surface area (Å²) < 4.78 is 15.1. The first-order chi connectivity index (χ1) is 8.15. The van der Waals surface area contributed by atoms with Crippen LogP contribution in [0.15, 0.2) is 30.5 Å². The molecule has 88 valence electrons. The van der Waals surface area contributed by atoms with E-state index in [9.17, 15) is 9.18 Å². The highest BCUT2D eigenvalue weighted by Gasteiger charge is 2.35. The van der Waals surface area contributed by atoms with Gasteiger partial charge in [-0.05, 0) is 37.1 Å². The molecule has 1 aromatic carbocycles. The smallest absolute Gasteiger partial charge is 0.306 e. The largest absolute Gasteiger partial charge is 0.481 e. The molecule has 3 rings (SSSR count). The molecular formula is C13H12FNO2. The predicted molar refractivity (Wildman–Crippen MR) is 61.3 cm³/mol. The maximum Gasteiger partial charge on any atom is 0.306 e. The second-order valence-corrected chi connectivity index (χ2v) is 4.59. The molecular weight excluding hydrogens is 221 g/mol. The minimum absolute atomic E-state index is 0.224. The molecule has 0 unspecified atom stereocenters. The van der Waals surface area contributed by atoms with Crippen LogP contribution in [0.3, 0.4) is 0 Å². The number of hydrogen-bond acceptors (Lipinski definition) is 1. The molecule has 0 aliphatic heterocycles. The van der Waals surface area contributed by atoms with E-state index >= 15 is 0 Å². The lowest BCUT2D eigenvalue weighted by molar-refractivity contribution is -0.145. The van der Waals surface area contributed by atoms with Crippen molar-refractivity contribution in [2.75, 3.05) is 0 Å². The van der Waals surface area contributed by atoms with Crippen molar-refractivity contribution < 1.29 is 14.3 Å². The number of nitrogens with zero attached hydrogens (tertiary/aromatic N) is 1. The highest BCUT2D eigenvalue weighted by Crippen LogP contribution is 2.39. The van der Waals surface area contributed by atoms with Crippen LogP contribution < -0.4 is 0 Å². The number of carbonyl (C=O) groups is 1. The summed E-state index contributed by atoms with van der Waals surface area (Å²) in [6.07, 6.45) is 3.24. The Morgan fingerprint density at radius 1 is 1.35 bits per heavy atom. The average molecular weight is 233 g/mol. The lowest BCUT2D eigenvalue weighted by atomic mass is 9.80. The van der Waals surface area contributed by atoms with Crippen LogP contribution in [0.2, 0.25) is 0 Å². The number of hydrogen-bond donors (Lipinski definition) is 1. The summed E-state index contributed by atoms with van der Waals surface area (Å²) >= 11 is 0. The molecule has 1 aliphatic rings. The van der Waals surface area contributed by atoms with Gasteiger partial charge in [-0.15, -0.1) is 0 Å². The summed E-state index contributed by atoms with van der Waals surface area (Å²) in [5.41, 5.74) is 0.972. The normalized spacial score (nSPS) is 23.6. The van der Waals surface area contributed by atoms with Crippen molar-refractivity contribution >= 4 is 16.9 Å². The van der Waals surface area contributed by atoms with Gasteiger partial charge < -0.3 is 9.67 Å². The number of carboxylic acid groups (broad SMARTS) is 1. The van der Waals surface area contributed by atoms with Crippen LogP contribution in [-0.4, -0.2) is 15.6 Å². The van der Waals surface area contributed by atoms with Crippen molar-refractivity contribution in [2.24, 2.45) is 5.92 Å². The van der Waals surface area contributed by atoms with Crippen molar-refractivity contribution in [1.29, 1.82) is 0 Å². The Morgan fingerprint density at radius 2 is 2.12 bits per heavy atom. The number of halogens is 1. The van der Waals surface area contributed by atoms with Crippen LogP contribution in [-0.2, 0) is 4.79 Å². The SMILES string of the molecule is O=C(O)[C@H]1C[C@@H](n2ccc3cc(F)ccc32)C1. The number of aliphatic carboxylic acids is 1. The maximum absolute atomic E-state index is 13.0. The fraction of sp³-hybridized carbons (Fsp3) is 0.308. The van der Waals surface area contributed by atoms with E-state index in [1.165, 1.54) is 12.1 Å². The average Bonchev–Trinajstić information content (AvgIpc) is 2.58. The Balaban J connectivity index is 1.90. The Hall–Kier alpha value is -1.84. The fourth-order valence-corrected chi connectivity index (χ4v) is 2.47. The predicted octanol–water partition coefficient (Wildman–Crippen LogP) is 2.82. The summed E-state index contributed by atoms with van der Waals surface area (Å²) in [4.78, 5) is 10.7. The standard InChI is InChI=1S/C13H12FNO2/c14-10-1-2-12-8(5-10)3-4-15(12)11-6-9(7-11)13(16)17/h1-5,9,11H,6-7H2,(H,16,17)/t9-,11+. The van der Waals surface area contributed by atoms with Crippen LogP contribution in [0.5, 0.6) is 0 Å². The summed E-state index contributed by atoms with van der Waals surface area (Å²) in [7, 11) is 0. The number of rotatable bonds is 2. The third-order valence-electron chi connectivity index (χ3n) is 3.54. The van der Waals surface area contributed by atoms with Crippen molar-refractivity contribution in [3.05, 3.63) is 36.3 Å². The van der Waals surface area contributed by atoms with E-state index in [1.807, 2.05) is 16.8 Å². The van der Waals surface area contributed by atoms with Gasteiger partial charge in [0.1, 0.15) is 5.82 Å². The minimum Gasteiger partial charge on any atom is -0.481 e. The molecule has 0 spiro atoms. The molecule has 1 N–H and O–H groups in total. The van der Waals surface area contributed by atoms with Crippen molar-refractivity contribution in [2.45, 2.75) is 18.9 Å². The number of aromatic nitrogens is 1. The van der Waals surface area contributed by atoms with Gasteiger partial charge in [0.15, 0.2) is 0 Å². The third-order valence-corrected chi connectivity index (χ3v) is 3.54. The first-order valence-corrected chi connectivity index (χ1v) is 5.64. The molecule has 1 aromatic heterocycles. The van der Waals surface area contributed by atoms with Crippen LogP contribution in [0, 0.1) is 11.7 Å². The summed E-state index contributed by atoms with van der Waals surface area (Å²) in [5.74, 6) is -1.19. The van der Waals surface area contributed by atoms with E-state index in [-0.39, 0.29) is 17.8 Å².